The molecule has 0 spiro atoms. The lowest BCUT2D eigenvalue weighted by molar-refractivity contribution is 0.0563. The second kappa shape index (κ2) is 6.52. The predicted molar refractivity (Wildman–Crippen MR) is 77.3 cm³/mol. The van der Waals surface area contributed by atoms with Crippen LogP contribution in [-0.2, 0) is 4.74 Å². The van der Waals surface area contributed by atoms with Crippen molar-refractivity contribution in [1.82, 2.24) is 0 Å². The Labute approximate surface area is 122 Å². The molecule has 0 aliphatic rings. The van der Waals surface area contributed by atoms with E-state index in [2.05, 4.69) is 4.74 Å². The first-order valence-corrected chi connectivity index (χ1v) is 7.00. The van der Waals surface area contributed by atoms with Gasteiger partial charge in [0, 0.05) is 4.90 Å². The minimum Gasteiger partial charge on any atom is -0.497 e. The minimum atomic E-state index is -0.463. The number of esters is 1. The molecule has 0 radical (unpaired) electrons. The van der Waals surface area contributed by atoms with Gasteiger partial charge in [0.25, 0.3) is 0 Å². The van der Waals surface area contributed by atoms with Crippen molar-refractivity contribution >= 4 is 17.7 Å². The summed E-state index contributed by atoms with van der Waals surface area (Å²) in [4.78, 5) is 12.4. The second-order valence-corrected chi connectivity index (χ2v) is 5.55. The Morgan fingerprint density at radius 2 is 2.05 bits per heavy atom. The third kappa shape index (κ3) is 3.36. The molecule has 1 unspecified atom stereocenters. The third-order valence-corrected chi connectivity index (χ3v) is 3.88. The highest BCUT2D eigenvalue weighted by Crippen LogP contribution is 2.36. The van der Waals surface area contributed by atoms with Crippen molar-refractivity contribution in [2.24, 2.45) is 0 Å². The Morgan fingerprint density at radius 1 is 1.25 bits per heavy atom. The van der Waals surface area contributed by atoms with Crippen molar-refractivity contribution in [1.29, 1.82) is 0 Å². The monoisotopic (exact) mass is 292 g/mol. The van der Waals surface area contributed by atoms with E-state index in [4.69, 9.17) is 9.15 Å². The van der Waals surface area contributed by atoms with Crippen LogP contribution < -0.4 is 4.74 Å². The topological polar surface area (TPSA) is 48.7 Å². The molecule has 4 nitrogen and oxygen atoms in total. The van der Waals surface area contributed by atoms with Gasteiger partial charge in [-0.15, -0.1) is 11.8 Å². The van der Waals surface area contributed by atoms with Gasteiger partial charge in [-0.25, -0.2) is 4.79 Å². The fourth-order valence-electron chi connectivity index (χ4n) is 1.72. The van der Waals surface area contributed by atoms with Crippen LogP contribution in [0, 0.1) is 0 Å². The van der Waals surface area contributed by atoms with Gasteiger partial charge in [-0.2, -0.15) is 0 Å². The van der Waals surface area contributed by atoms with Crippen LogP contribution in [0.3, 0.4) is 0 Å². The Bertz CT molecular complexity index is 591. The highest BCUT2D eigenvalue weighted by Gasteiger charge is 2.16. The molecule has 1 aromatic carbocycles. The summed E-state index contributed by atoms with van der Waals surface area (Å²) in [7, 11) is 2.97. The molecule has 1 aromatic heterocycles. The highest BCUT2D eigenvalue weighted by molar-refractivity contribution is 7.99. The summed E-state index contributed by atoms with van der Waals surface area (Å²) >= 11 is 1.63. The van der Waals surface area contributed by atoms with E-state index in [0.717, 1.165) is 16.4 Å². The molecule has 0 amide bonds. The maximum atomic E-state index is 11.4. The van der Waals surface area contributed by atoms with Crippen LogP contribution in [0.5, 0.6) is 5.75 Å². The average Bonchev–Trinajstić information content (AvgIpc) is 2.96. The van der Waals surface area contributed by atoms with Gasteiger partial charge in [0.2, 0.25) is 5.76 Å². The molecular weight excluding hydrogens is 276 g/mol. The zero-order valence-electron chi connectivity index (χ0n) is 11.6. The fourth-order valence-corrected chi connectivity index (χ4v) is 2.71. The first kappa shape index (κ1) is 14.5. The first-order chi connectivity index (χ1) is 9.63. The third-order valence-electron chi connectivity index (χ3n) is 2.77. The molecule has 0 N–H and O–H groups in total. The van der Waals surface area contributed by atoms with Crippen LogP contribution in [-0.4, -0.2) is 20.2 Å². The summed E-state index contributed by atoms with van der Waals surface area (Å²) in [6.45, 7) is 2.02. The summed E-state index contributed by atoms with van der Waals surface area (Å²) in [5.41, 5.74) is 0. The molecule has 20 heavy (non-hydrogen) atoms. The van der Waals surface area contributed by atoms with Crippen LogP contribution in [0.25, 0.3) is 0 Å². The smallest absolute Gasteiger partial charge is 0.373 e. The number of furan rings is 1. The minimum absolute atomic E-state index is 0.0838. The van der Waals surface area contributed by atoms with Gasteiger partial charge in [-0.3, -0.25) is 0 Å². The van der Waals surface area contributed by atoms with Gasteiger partial charge in [0.05, 0.1) is 19.5 Å². The molecule has 5 heteroatoms. The molecule has 1 heterocycles. The highest BCUT2D eigenvalue weighted by atomic mass is 32.2. The Balaban J connectivity index is 2.09. The number of carbonyl (C=O) groups is 1. The second-order valence-electron chi connectivity index (χ2n) is 4.13. The SMILES string of the molecule is COC(=O)c1ccc(C(C)Sc2cccc(OC)c2)o1. The largest absolute Gasteiger partial charge is 0.497 e. The van der Waals surface area contributed by atoms with E-state index in [0.29, 0.717) is 0 Å². The van der Waals surface area contributed by atoms with Gasteiger partial charge < -0.3 is 13.9 Å². The Hall–Kier alpha value is -1.88. The molecule has 2 rings (SSSR count). The van der Waals surface area contributed by atoms with Gasteiger partial charge in [-0.05, 0) is 37.3 Å². The maximum absolute atomic E-state index is 11.4. The number of hydrogen-bond donors (Lipinski definition) is 0. The van der Waals surface area contributed by atoms with Crippen molar-refractivity contribution in [2.75, 3.05) is 14.2 Å². The van der Waals surface area contributed by atoms with E-state index in [-0.39, 0.29) is 11.0 Å². The van der Waals surface area contributed by atoms with Crippen LogP contribution in [0.1, 0.15) is 28.5 Å². The molecular formula is C15H16O4S. The van der Waals surface area contributed by atoms with Gasteiger partial charge in [0.1, 0.15) is 11.5 Å². The van der Waals surface area contributed by atoms with Crippen LogP contribution >= 0.6 is 11.8 Å². The number of thioether (sulfide) groups is 1. The van der Waals surface area contributed by atoms with Crippen LogP contribution in [0.4, 0.5) is 0 Å². The summed E-state index contributed by atoms with van der Waals surface area (Å²) in [6.07, 6.45) is 0. The molecule has 106 valence electrons. The lowest BCUT2D eigenvalue weighted by Gasteiger charge is -2.09. The number of methoxy groups -OCH3 is 2. The van der Waals surface area contributed by atoms with Crippen LogP contribution in [0.2, 0.25) is 0 Å². The Kier molecular flexibility index (Phi) is 4.74. The van der Waals surface area contributed by atoms with E-state index in [9.17, 15) is 4.79 Å². The molecule has 0 saturated carbocycles. The zero-order valence-corrected chi connectivity index (χ0v) is 12.4. The van der Waals surface area contributed by atoms with Crippen molar-refractivity contribution in [3.63, 3.8) is 0 Å². The number of ether oxygens (including phenoxy) is 2. The van der Waals surface area contributed by atoms with Crippen molar-refractivity contribution in [3.8, 4) is 5.75 Å². The lowest BCUT2D eigenvalue weighted by Crippen LogP contribution is -1.98. The molecule has 0 bridgehead atoms. The number of hydrogen-bond acceptors (Lipinski definition) is 5. The quantitative estimate of drug-likeness (QED) is 0.617. The molecule has 0 fully saturated rings. The number of benzene rings is 1. The summed E-state index contributed by atoms with van der Waals surface area (Å²) in [5, 5.41) is 0.0838. The standard InChI is InChI=1S/C15H16O4S/c1-10(13-7-8-14(19-13)15(16)18-3)20-12-6-4-5-11(9-12)17-2/h4-10H,1-3H3. The van der Waals surface area contributed by atoms with E-state index in [1.54, 1.807) is 31.0 Å². The van der Waals surface area contributed by atoms with E-state index >= 15 is 0 Å². The van der Waals surface area contributed by atoms with E-state index in [1.165, 1.54) is 7.11 Å². The summed E-state index contributed by atoms with van der Waals surface area (Å²) in [6, 6.07) is 11.2. The average molecular weight is 292 g/mol. The molecule has 2 aromatic rings. The van der Waals surface area contributed by atoms with Gasteiger partial charge >= 0.3 is 5.97 Å². The number of rotatable bonds is 5. The molecule has 0 saturated heterocycles. The predicted octanol–water partition coefficient (Wildman–Crippen LogP) is 3.93. The normalized spacial score (nSPS) is 11.9. The lowest BCUT2D eigenvalue weighted by atomic mass is 10.3. The first-order valence-electron chi connectivity index (χ1n) is 6.13. The Morgan fingerprint density at radius 3 is 2.75 bits per heavy atom. The zero-order chi connectivity index (χ0) is 14.5. The number of carbonyl (C=O) groups excluding carboxylic acids is 1. The van der Waals surface area contributed by atoms with Crippen molar-refractivity contribution < 1.29 is 18.7 Å². The summed E-state index contributed by atoms with van der Waals surface area (Å²) < 4.78 is 15.3. The molecule has 0 aliphatic carbocycles. The fraction of sp³-hybridized carbons (Fsp3) is 0.267. The summed E-state index contributed by atoms with van der Waals surface area (Å²) in [5.74, 6) is 1.31. The van der Waals surface area contributed by atoms with Crippen molar-refractivity contribution in [3.05, 3.63) is 47.9 Å². The molecule has 1 atom stereocenters. The van der Waals surface area contributed by atoms with Gasteiger partial charge in [-0.1, -0.05) is 6.07 Å². The van der Waals surface area contributed by atoms with Gasteiger partial charge in [0.15, 0.2) is 0 Å². The van der Waals surface area contributed by atoms with Crippen LogP contribution in [0.15, 0.2) is 45.7 Å². The molecule has 0 aliphatic heterocycles. The van der Waals surface area contributed by atoms with Crippen molar-refractivity contribution in [2.45, 2.75) is 17.1 Å². The van der Waals surface area contributed by atoms with E-state index in [1.807, 2.05) is 31.2 Å². The van der Waals surface area contributed by atoms with E-state index < -0.39 is 5.97 Å². The maximum Gasteiger partial charge on any atom is 0.373 e.